The van der Waals surface area contributed by atoms with Crippen LogP contribution in [-0.4, -0.2) is 26.9 Å². The minimum Gasteiger partial charge on any atom is -0.493 e. The molecular formula is C12H16F3NO2. The minimum absolute atomic E-state index is 0.0744. The van der Waals surface area contributed by atoms with Crippen molar-refractivity contribution in [2.75, 3.05) is 20.8 Å². The maximum absolute atomic E-state index is 12.4. The molecule has 1 atom stereocenters. The molecule has 6 heteroatoms. The Bertz CT molecular complexity index is 393. The molecule has 0 saturated carbocycles. The Morgan fingerprint density at radius 3 is 2.22 bits per heavy atom. The second kappa shape index (κ2) is 5.95. The quantitative estimate of drug-likeness (QED) is 0.888. The molecule has 0 radical (unpaired) electrons. The molecule has 0 aromatic heterocycles. The van der Waals surface area contributed by atoms with Crippen LogP contribution in [0.4, 0.5) is 13.2 Å². The number of rotatable bonds is 5. The first-order chi connectivity index (χ1) is 8.41. The standard InChI is InChI=1S/C12H16F3NO2/c1-17-10-4-3-8(5-11(10)18-2)9(7-16)6-12(13,14)15/h3-5,9H,6-7,16H2,1-2H3. The van der Waals surface area contributed by atoms with E-state index >= 15 is 0 Å². The largest absolute Gasteiger partial charge is 0.493 e. The molecule has 0 bridgehead atoms. The Labute approximate surface area is 104 Å². The molecule has 0 saturated heterocycles. The molecule has 0 spiro atoms. The van der Waals surface area contributed by atoms with Crippen molar-refractivity contribution in [3.8, 4) is 11.5 Å². The zero-order valence-electron chi connectivity index (χ0n) is 10.3. The topological polar surface area (TPSA) is 44.5 Å². The van der Waals surface area contributed by atoms with Gasteiger partial charge in [-0.1, -0.05) is 6.07 Å². The maximum Gasteiger partial charge on any atom is 0.389 e. The summed E-state index contributed by atoms with van der Waals surface area (Å²) in [7, 11) is 2.90. The minimum atomic E-state index is -4.24. The highest BCUT2D eigenvalue weighted by Crippen LogP contribution is 2.35. The van der Waals surface area contributed by atoms with Crippen molar-refractivity contribution in [3.05, 3.63) is 23.8 Å². The lowest BCUT2D eigenvalue weighted by Crippen LogP contribution is -2.20. The average Bonchev–Trinajstić information content (AvgIpc) is 2.34. The summed E-state index contributed by atoms with van der Waals surface area (Å²) in [5.74, 6) is 0.101. The van der Waals surface area contributed by atoms with Crippen molar-refractivity contribution in [2.45, 2.75) is 18.5 Å². The molecule has 1 rings (SSSR count). The van der Waals surface area contributed by atoms with Crippen LogP contribution in [0.3, 0.4) is 0 Å². The van der Waals surface area contributed by atoms with Crippen LogP contribution < -0.4 is 15.2 Å². The monoisotopic (exact) mass is 263 g/mol. The number of nitrogens with two attached hydrogens (primary N) is 1. The van der Waals surface area contributed by atoms with Gasteiger partial charge in [-0.25, -0.2) is 0 Å². The van der Waals surface area contributed by atoms with Gasteiger partial charge in [0.25, 0.3) is 0 Å². The van der Waals surface area contributed by atoms with Gasteiger partial charge in [0.2, 0.25) is 0 Å². The highest BCUT2D eigenvalue weighted by atomic mass is 19.4. The van der Waals surface area contributed by atoms with Crippen LogP contribution in [0.2, 0.25) is 0 Å². The third kappa shape index (κ3) is 3.80. The zero-order chi connectivity index (χ0) is 13.8. The van der Waals surface area contributed by atoms with Gasteiger partial charge in [-0.15, -0.1) is 0 Å². The van der Waals surface area contributed by atoms with E-state index in [4.69, 9.17) is 15.2 Å². The van der Waals surface area contributed by atoms with Crippen LogP contribution >= 0.6 is 0 Å². The summed E-state index contributed by atoms with van der Waals surface area (Å²) >= 11 is 0. The molecule has 0 aliphatic heterocycles. The molecule has 0 aliphatic carbocycles. The Hall–Kier alpha value is -1.43. The van der Waals surface area contributed by atoms with Crippen molar-refractivity contribution < 1.29 is 22.6 Å². The molecule has 0 amide bonds. The third-order valence-corrected chi connectivity index (χ3v) is 2.64. The van der Waals surface area contributed by atoms with E-state index in [1.807, 2.05) is 0 Å². The fourth-order valence-corrected chi connectivity index (χ4v) is 1.72. The van der Waals surface area contributed by atoms with Crippen molar-refractivity contribution in [1.29, 1.82) is 0 Å². The lowest BCUT2D eigenvalue weighted by atomic mass is 9.95. The third-order valence-electron chi connectivity index (χ3n) is 2.64. The van der Waals surface area contributed by atoms with Crippen molar-refractivity contribution in [2.24, 2.45) is 5.73 Å². The number of hydrogen-bond donors (Lipinski definition) is 1. The van der Waals surface area contributed by atoms with Crippen LogP contribution in [0.1, 0.15) is 17.9 Å². The fourth-order valence-electron chi connectivity index (χ4n) is 1.72. The van der Waals surface area contributed by atoms with Crippen molar-refractivity contribution in [3.63, 3.8) is 0 Å². The van der Waals surface area contributed by atoms with Gasteiger partial charge >= 0.3 is 6.18 Å². The molecule has 18 heavy (non-hydrogen) atoms. The highest BCUT2D eigenvalue weighted by molar-refractivity contribution is 5.44. The van der Waals surface area contributed by atoms with E-state index in [-0.39, 0.29) is 6.54 Å². The van der Waals surface area contributed by atoms with Crippen LogP contribution in [0.15, 0.2) is 18.2 Å². The number of halogens is 3. The normalized spacial score (nSPS) is 13.2. The van der Waals surface area contributed by atoms with Gasteiger partial charge in [-0.2, -0.15) is 13.2 Å². The number of alkyl halides is 3. The van der Waals surface area contributed by atoms with E-state index in [2.05, 4.69) is 0 Å². The second-order valence-electron chi connectivity index (χ2n) is 3.87. The van der Waals surface area contributed by atoms with Crippen LogP contribution in [0.25, 0.3) is 0 Å². The summed E-state index contributed by atoms with van der Waals surface area (Å²) in [6.45, 7) is -0.0744. The van der Waals surface area contributed by atoms with E-state index in [9.17, 15) is 13.2 Å². The summed E-state index contributed by atoms with van der Waals surface area (Å²) in [5.41, 5.74) is 5.90. The summed E-state index contributed by atoms with van der Waals surface area (Å²) in [4.78, 5) is 0. The second-order valence-corrected chi connectivity index (χ2v) is 3.87. The Morgan fingerprint density at radius 2 is 1.78 bits per heavy atom. The van der Waals surface area contributed by atoms with E-state index in [0.29, 0.717) is 17.1 Å². The molecule has 1 aromatic rings. The van der Waals surface area contributed by atoms with Gasteiger partial charge in [0.15, 0.2) is 11.5 Å². The molecule has 3 nitrogen and oxygen atoms in total. The summed E-state index contributed by atoms with van der Waals surface area (Å²) in [6.07, 6.45) is -5.18. The van der Waals surface area contributed by atoms with Crippen molar-refractivity contribution >= 4 is 0 Å². The van der Waals surface area contributed by atoms with Crippen LogP contribution in [-0.2, 0) is 0 Å². The van der Waals surface area contributed by atoms with E-state index in [1.54, 1.807) is 12.1 Å². The molecule has 0 aliphatic rings. The fraction of sp³-hybridized carbons (Fsp3) is 0.500. The van der Waals surface area contributed by atoms with E-state index in [0.717, 1.165) is 0 Å². The summed E-state index contributed by atoms with van der Waals surface area (Å²) in [5, 5.41) is 0. The average molecular weight is 263 g/mol. The van der Waals surface area contributed by atoms with Gasteiger partial charge in [0.1, 0.15) is 0 Å². The predicted octanol–water partition coefficient (Wildman–Crippen LogP) is 2.70. The highest BCUT2D eigenvalue weighted by Gasteiger charge is 2.32. The Balaban J connectivity index is 3.00. The molecule has 102 valence electrons. The smallest absolute Gasteiger partial charge is 0.389 e. The Morgan fingerprint density at radius 1 is 1.17 bits per heavy atom. The van der Waals surface area contributed by atoms with Crippen LogP contribution in [0, 0.1) is 0 Å². The molecule has 2 N–H and O–H groups in total. The summed E-state index contributed by atoms with van der Waals surface area (Å²) < 4.78 is 47.3. The predicted molar refractivity (Wildman–Crippen MR) is 62.0 cm³/mol. The summed E-state index contributed by atoms with van der Waals surface area (Å²) in [6, 6.07) is 4.68. The molecule has 0 heterocycles. The molecule has 0 fully saturated rings. The van der Waals surface area contributed by atoms with Gasteiger partial charge in [-0.3, -0.25) is 0 Å². The number of methoxy groups -OCH3 is 2. The first-order valence-corrected chi connectivity index (χ1v) is 5.40. The first kappa shape index (κ1) is 14.6. The SMILES string of the molecule is COc1ccc(C(CN)CC(F)(F)F)cc1OC. The van der Waals surface area contributed by atoms with Crippen LogP contribution in [0.5, 0.6) is 11.5 Å². The zero-order valence-corrected chi connectivity index (χ0v) is 10.3. The molecular weight excluding hydrogens is 247 g/mol. The van der Waals surface area contributed by atoms with E-state index < -0.39 is 18.5 Å². The van der Waals surface area contributed by atoms with Gasteiger partial charge in [0, 0.05) is 5.92 Å². The number of hydrogen-bond acceptors (Lipinski definition) is 3. The van der Waals surface area contributed by atoms with Crippen molar-refractivity contribution in [1.82, 2.24) is 0 Å². The number of benzene rings is 1. The molecule has 1 aromatic carbocycles. The van der Waals surface area contributed by atoms with Gasteiger partial charge in [0.05, 0.1) is 20.6 Å². The lowest BCUT2D eigenvalue weighted by molar-refractivity contribution is -0.138. The first-order valence-electron chi connectivity index (χ1n) is 5.40. The lowest BCUT2D eigenvalue weighted by Gasteiger charge is -2.18. The molecule has 1 unspecified atom stereocenters. The van der Waals surface area contributed by atoms with Gasteiger partial charge in [-0.05, 0) is 24.2 Å². The van der Waals surface area contributed by atoms with E-state index in [1.165, 1.54) is 20.3 Å². The maximum atomic E-state index is 12.4. The van der Waals surface area contributed by atoms with Gasteiger partial charge < -0.3 is 15.2 Å². The number of ether oxygens (including phenoxy) is 2. The Kier molecular flexibility index (Phi) is 4.84.